The van der Waals surface area contributed by atoms with Crippen molar-refractivity contribution in [3.8, 4) is 0 Å². The molecular formula is C50H60F2N6O6. The van der Waals surface area contributed by atoms with Crippen molar-refractivity contribution in [1.29, 1.82) is 0 Å². The van der Waals surface area contributed by atoms with Crippen LogP contribution in [-0.4, -0.2) is 79.3 Å². The van der Waals surface area contributed by atoms with Gasteiger partial charge in [0.15, 0.2) is 0 Å². The maximum Gasteiger partial charge on any atom is 0.258 e. The van der Waals surface area contributed by atoms with Crippen LogP contribution in [0, 0.1) is 35.3 Å². The number of nitrogens with one attached hydrogen (secondary N) is 2. The van der Waals surface area contributed by atoms with Crippen LogP contribution in [-0.2, 0) is 35.8 Å². The Balaban J connectivity index is 0.000000191. The Bertz CT molecular complexity index is 2330. The van der Waals surface area contributed by atoms with Crippen LogP contribution in [0.1, 0.15) is 86.3 Å². The summed E-state index contributed by atoms with van der Waals surface area (Å²) in [4.78, 5) is 56.5. The fourth-order valence-corrected chi connectivity index (χ4v) is 10.6. The van der Waals surface area contributed by atoms with Crippen molar-refractivity contribution < 1.29 is 28.6 Å². The first-order valence-electron chi connectivity index (χ1n) is 22.5. The van der Waals surface area contributed by atoms with Crippen molar-refractivity contribution in [3.63, 3.8) is 0 Å². The Morgan fingerprint density at radius 2 is 1.06 bits per heavy atom. The highest BCUT2D eigenvalue weighted by atomic mass is 19.1. The lowest BCUT2D eigenvalue weighted by Gasteiger charge is -2.31. The SMILES string of the molecule is C/C=C/c1ccc2n(c1=O)C[C@@H]1[C@@H](CO)[C@H](C(=O)NCCC)N(Cc3cccc(F)c3)[C@H]21.C/C=C\c1ccc2n(c1=O)C[C@@H]1[C@@H](CO)[C@H](C(=O)NCCC)N(Cc3cccc(F)c3)[C@H]21. The first kappa shape index (κ1) is 46.5. The van der Waals surface area contributed by atoms with Gasteiger partial charge in [-0.3, -0.25) is 29.0 Å². The van der Waals surface area contributed by atoms with Gasteiger partial charge in [0.25, 0.3) is 11.1 Å². The average Bonchev–Trinajstić information content (AvgIpc) is 4.02. The highest BCUT2D eigenvalue weighted by Crippen LogP contribution is 2.51. The molecule has 2 saturated heterocycles. The molecule has 12 nitrogen and oxygen atoms in total. The first-order chi connectivity index (χ1) is 31.0. The Morgan fingerprint density at radius 3 is 1.41 bits per heavy atom. The first-order valence-corrected chi connectivity index (χ1v) is 22.5. The largest absolute Gasteiger partial charge is 0.396 e. The molecule has 8 atom stereocenters. The van der Waals surface area contributed by atoms with E-state index in [1.54, 1.807) is 33.4 Å². The molecule has 0 unspecified atom stereocenters. The molecule has 8 rings (SSSR count). The molecule has 2 aromatic heterocycles. The number of nitrogens with zero attached hydrogens (tertiary/aromatic N) is 4. The lowest BCUT2D eigenvalue weighted by atomic mass is 9.88. The van der Waals surface area contributed by atoms with Crippen LogP contribution < -0.4 is 21.8 Å². The van der Waals surface area contributed by atoms with E-state index < -0.39 is 12.1 Å². The molecule has 0 spiro atoms. The van der Waals surface area contributed by atoms with Crippen LogP contribution in [0.5, 0.6) is 0 Å². The number of aromatic nitrogens is 2. The van der Waals surface area contributed by atoms with E-state index in [0.717, 1.165) is 35.4 Å². The normalized spacial score (nSPS) is 24.6. The molecular weight excluding hydrogens is 819 g/mol. The van der Waals surface area contributed by atoms with Gasteiger partial charge in [-0.15, -0.1) is 0 Å². The molecule has 2 fully saturated rings. The maximum atomic E-state index is 13.9. The monoisotopic (exact) mass is 878 g/mol. The number of allylic oxidation sites excluding steroid dienone is 2. The van der Waals surface area contributed by atoms with E-state index >= 15 is 0 Å². The molecule has 0 aliphatic carbocycles. The number of rotatable bonds is 14. The van der Waals surface area contributed by atoms with Gasteiger partial charge in [0.1, 0.15) is 11.6 Å². The molecule has 0 radical (unpaired) electrons. The number of carbonyl (C=O) groups is 2. The van der Waals surface area contributed by atoms with Crippen molar-refractivity contribution in [2.24, 2.45) is 23.7 Å². The van der Waals surface area contributed by atoms with Gasteiger partial charge in [0.05, 0.1) is 24.2 Å². The minimum Gasteiger partial charge on any atom is -0.396 e. The highest BCUT2D eigenvalue weighted by Gasteiger charge is 2.57. The van der Waals surface area contributed by atoms with Crippen LogP contribution in [0.4, 0.5) is 8.78 Å². The zero-order valence-electron chi connectivity index (χ0n) is 37.0. The molecule has 0 bridgehead atoms. The minimum absolute atomic E-state index is 0.0654. The molecule has 2 amide bonds. The van der Waals surface area contributed by atoms with Crippen LogP contribution >= 0.6 is 0 Å². The van der Waals surface area contributed by atoms with E-state index in [2.05, 4.69) is 10.6 Å². The third kappa shape index (κ3) is 9.06. The number of pyridine rings is 2. The highest BCUT2D eigenvalue weighted by molar-refractivity contribution is 5.83. The number of hydrogen-bond donors (Lipinski definition) is 4. The van der Waals surface area contributed by atoms with E-state index in [9.17, 15) is 38.2 Å². The van der Waals surface area contributed by atoms with Crippen molar-refractivity contribution in [1.82, 2.24) is 29.6 Å². The van der Waals surface area contributed by atoms with Crippen molar-refractivity contribution in [3.05, 3.63) is 151 Å². The van der Waals surface area contributed by atoms with Crippen molar-refractivity contribution in [2.45, 2.75) is 90.9 Å². The average molecular weight is 879 g/mol. The third-order valence-corrected chi connectivity index (χ3v) is 13.3. The molecule has 340 valence electrons. The summed E-state index contributed by atoms with van der Waals surface area (Å²) in [5.74, 6) is -1.73. The molecule has 6 heterocycles. The third-order valence-electron chi connectivity index (χ3n) is 13.3. The zero-order chi connectivity index (χ0) is 45.7. The summed E-state index contributed by atoms with van der Waals surface area (Å²) in [5.41, 5.74) is 4.29. The fraction of sp³-hybridized carbons (Fsp3) is 0.440. The summed E-state index contributed by atoms with van der Waals surface area (Å²) >= 11 is 0. The topological polar surface area (TPSA) is 149 Å². The van der Waals surface area contributed by atoms with Gasteiger partial charge in [0.2, 0.25) is 11.8 Å². The zero-order valence-corrected chi connectivity index (χ0v) is 37.0. The maximum absolute atomic E-state index is 13.9. The van der Waals surface area contributed by atoms with Gasteiger partial charge in [-0.25, -0.2) is 8.78 Å². The molecule has 4 aliphatic rings. The second-order valence-corrected chi connectivity index (χ2v) is 17.2. The van der Waals surface area contributed by atoms with Crippen molar-refractivity contribution >= 4 is 24.0 Å². The summed E-state index contributed by atoms with van der Waals surface area (Å²) in [6.07, 6.45) is 8.87. The molecule has 0 saturated carbocycles. The van der Waals surface area contributed by atoms with Crippen LogP contribution in [0.25, 0.3) is 12.2 Å². The van der Waals surface area contributed by atoms with Crippen LogP contribution in [0.15, 0.2) is 94.5 Å². The number of aliphatic hydroxyl groups excluding tert-OH is 2. The van der Waals surface area contributed by atoms with Gasteiger partial charge < -0.3 is 30.0 Å². The van der Waals surface area contributed by atoms with Gasteiger partial charge in [0, 0.05) is 98.7 Å². The lowest BCUT2D eigenvalue weighted by molar-refractivity contribution is -0.128. The standard InChI is InChI=1S/2C25H30FN3O3/c2*1-3-6-17-9-10-21-22-19(14-28(21)25(17)32)20(15-30)23(24(31)27-11-4-2)29(22)13-16-7-5-8-18(26)12-16/h2*3,5-10,12,19-20,22-23,30H,4,11,13-15H2,1-2H3,(H,27,31)/b6-3+;6-3-/t2*19-,20-,22+,23-/m11/s1. The number of carbonyl (C=O) groups excluding carboxylic acids is 2. The number of aliphatic hydroxyl groups is 2. The summed E-state index contributed by atoms with van der Waals surface area (Å²) in [6.45, 7) is 10.1. The van der Waals surface area contributed by atoms with Gasteiger partial charge in [-0.2, -0.15) is 0 Å². The molecule has 4 aliphatic heterocycles. The van der Waals surface area contributed by atoms with E-state index in [1.165, 1.54) is 24.3 Å². The lowest BCUT2D eigenvalue weighted by Crippen LogP contribution is -2.48. The minimum atomic E-state index is -0.552. The van der Waals surface area contributed by atoms with Gasteiger partial charge in [-0.05, 0) is 86.3 Å². The number of hydrogen-bond acceptors (Lipinski definition) is 8. The molecule has 64 heavy (non-hydrogen) atoms. The van der Waals surface area contributed by atoms with E-state index in [1.807, 2.05) is 86.0 Å². The van der Waals surface area contributed by atoms with Crippen molar-refractivity contribution in [2.75, 3.05) is 26.3 Å². The van der Waals surface area contributed by atoms with Gasteiger partial charge in [-0.1, -0.05) is 62.4 Å². The molecule has 2 aromatic carbocycles. The number of fused-ring (bicyclic) bond motifs is 6. The quantitative estimate of drug-likeness (QED) is 0.131. The number of likely N-dealkylation sites (tertiary alicyclic amines) is 2. The number of halogens is 2. The summed E-state index contributed by atoms with van der Waals surface area (Å²) < 4.78 is 31.3. The van der Waals surface area contributed by atoms with Crippen LogP contribution in [0.3, 0.4) is 0 Å². The van der Waals surface area contributed by atoms with Crippen LogP contribution in [0.2, 0.25) is 0 Å². The molecule has 4 aromatic rings. The second kappa shape index (κ2) is 20.5. The predicted molar refractivity (Wildman–Crippen MR) is 242 cm³/mol. The summed E-state index contributed by atoms with van der Waals surface area (Å²) in [7, 11) is 0. The fourth-order valence-electron chi connectivity index (χ4n) is 10.6. The Labute approximate surface area is 372 Å². The number of benzene rings is 2. The number of amides is 2. The second-order valence-electron chi connectivity index (χ2n) is 17.2. The van der Waals surface area contributed by atoms with E-state index in [-0.39, 0.29) is 83.5 Å². The summed E-state index contributed by atoms with van der Waals surface area (Å²) in [6, 6.07) is 18.7. The molecule has 4 N–H and O–H groups in total. The predicted octanol–water partition coefficient (Wildman–Crippen LogP) is 5.42. The Kier molecular flexibility index (Phi) is 14.9. The van der Waals surface area contributed by atoms with Gasteiger partial charge >= 0.3 is 0 Å². The summed E-state index contributed by atoms with van der Waals surface area (Å²) in [5, 5.41) is 26.6. The Hall–Kier alpha value is -5.54. The molecule has 14 heteroatoms. The van der Waals surface area contributed by atoms with E-state index in [4.69, 9.17) is 0 Å². The van der Waals surface area contributed by atoms with E-state index in [0.29, 0.717) is 50.4 Å². The Morgan fingerprint density at radius 1 is 0.656 bits per heavy atom. The smallest absolute Gasteiger partial charge is 0.258 e.